The number of hydrogen-bond acceptors (Lipinski definition) is 3. The maximum atomic E-state index is 12.0. The summed E-state index contributed by atoms with van der Waals surface area (Å²) in [6, 6.07) is 14.7. The minimum Gasteiger partial charge on any atom is -0.465 e. The van der Waals surface area contributed by atoms with Crippen LogP contribution in [0.4, 0.5) is 0 Å². The van der Waals surface area contributed by atoms with E-state index in [9.17, 15) is 4.79 Å². The number of rotatable bonds is 2. The number of aryl methyl sites for hydroxylation is 1. The van der Waals surface area contributed by atoms with Crippen molar-refractivity contribution < 1.29 is 9.53 Å². The molecule has 1 fully saturated rings. The summed E-state index contributed by atoms with van der Waals surface area (Å²) in [6.45, 7) is 2.48. The average Bonchev–Trinajstić information content (AvgIpc) is 3.38. The molecule has 31 heavy (non-hydrogen) atoms. The summed E-state index contributed by atoms with van der Waals surface area (Å²) >= 11 is 0. The van der Waals surface area contributed by atoms with Crippen LogP contribution in [-0.2, 0) is 11.2 Å². The molecule has 0 bridgehead atoms. The Morgan fingerprint density at radius 3 is 2.94 bits per heavy atom. The van der Waals surface area contributed by atoms with Crippen LogP contribution in [-0.4, -0.2) is 22.6 Å². The largest absolute Gasteiger partial charge is 0.465 e. The lowest BCUT2D eigenvalue weighted by atomic mass is 9.55. The quantitative estimate of drug-likeness (QED) is 0.498. The Hall–Kier alpha value is -2.88. The number of fused-ring (bicyclic) bond motifs is 6. The van der Waals surface area contributed by atoms with E-state index in [4.69, 9.17) is 4.74 Å². The summed E-state index contributed by atoms with van der Waals surface area (Å²) in [5.74, 6) is 1.72. The van der Waals surface area contributed by atoms with Crippen LogP contribution in [0.2, 0.25) is 0 Å². The van der Waals surface area contributed by atoms with Gasteiger partial charge in [0.15, 0.2) is 0 Å². The lowest BCUT2D eigenvalue weighted by Gasteiger charge is -2.50. The van der Waals surface area contributed by atoms with Gasteiger partial charge < -0.3 is 9.30 Å². The van der Waals surface area contributed by atoms with E-state index in [1.54, 1.807) is 0 Å². The van der Waals surface area contributed by atoms with Crippen LogP contribution in [0.3, 0.4) is 0 Å². The van der Waals surface area contributed by atoms with Gasteiger partial charge in [-0.2, -0.15) is 0 Å². The van der Waals surface area contributed by atoms with Crippen molar-refractivity contribution in [1.29, 1.82) is 0 Å². The van der Waals surface area contributed by atoms with Crippen LogP contribution in [0.15, 0.2) is 54.9 Å². The molecule has 4 heteroatoms. The molecule has 0 aliphatic heterocycles. The summed E-state index contributed by atoms with van der Waals surface area (Å²) in [6.07, 6.45) is 10.3. The molecule has 158 valence electrons. The Kier molecular flexibility index (Phi) is 4.14. The number of imidazole rings is 1. The summed E-state index contributed by atoms with van der Waals surface area (Å²) in [7, 11) is 1.45. The van der Waals surface area contributed by atoms with E-state index in [1.165, 1.54) is 48.7 Å². The van der Waals surface area contributed by atoms with E-state index >= 15 is 0 Å². The minimum atomic E-state index is -0.238. The Balaban J connectivity index is 1.33. The number of para-hydroxylation sites is 2. The maximum Gasteiger partial charge on any atom is 0.337 e. The SMILES string of the molecule is COC(=O)c1ccc2c(c1)CCC1C2CC[C@]2(C)C(n3cnc4ccccc43)=CCC12. The predicted octanol–water partition coefficient (Wildman–Crippen LogP) is 5.83. The van der Waals surface area contributed by atoms with Gasteiger partial charge in [-0.15, -0.1) is 0 Å². The molecular formula is C27H28N2O2. The van der Waals surface area contributed by atoms with E-state index in [0.29, 0.717) is 23.3 Å². The van der Waals surface area contributed by atoms with Crippen LogP contribution in [0.5, 0.6) is 0 Å². The number of nitrogens with zero attached hydrogens (tertiary/aromatic N) is 2. The monoisotopic (exact) mass is 412 g/mol. The Bertz CT molecular complexity index is 1220. The van der Waals surface area contributed by atoms with Crippen molar-refractivity contribution in [2.75, 3.05) is 7.11 Å². The smallest absolute Gasteiger partial charge is 0.337 e. The molecule has 1 aromatic heterocycles. The molecule has 0 amide bonds. The van der Waals surface area contributed by atoms with Crippen molar-refractivity contribution in [3.63, 3.8) is 0 Å². The highest BCUT2D eigenvalue weighted by Crippen LogP contribution is 2.62. The number of allylic oxidation sites excluding steroid dienone is 2. The number of carbonyl (C=O) groups is 1. The summed E-state index contributed by atoms with van der Waals surface area (Å²) in [5, 5.41) is 0. The number of benzene rings is 2. The van der Waals surface area contributed by atoms with Gasteiger partial charge in [-0.05, 0) is 85.3 Å². The molecule has 2 aromatic carbocycles. The van der Waals surface area contributed by atoms with Crippen molar-refractivity contribution in [1.82, 2.24) is 9.55 Å². The molecule has 3 aromatic rings. The number of methoxy groups -OCH3 is 1. The van der Waals surface area contributed by atoms with Crippen molar-refractivity contribution in [3.8, 4) is 0 Å². The van der Waals surface area contributed by atoms with Gasteiger partial charge in [0.25, 0.3) is 0 Å². The van der Waals surface area contributed by atoms with Gasteiger partial charge in [-0.25, -0.2) is 9.78 Å². The lowest BCUT2D eigenvalue weighted by molar-refractivity contribution is 0.0600. The molecule has 0 saturated heterocycles. The van der Waals surface area contributed by atoms with Crippen molar-refractivity contribution >= 4 is 22.7 Å². The Labute approximate surface area is 182 Å². The molecule has 4 nitrogen and oxygen atoms in total. The summed E-state index contributed by atoms with van der Waals surface area (Å²) in [4.78, 5) is 16.6. The van der Waals surface area contributed by atoms with Crippen LogP contribution < -0.4 is 0 Å². The Morgan fingerprint density at radius 1 is 1.19 bits per heavy atom. The van der Waals surface area contributed by atoms with Crippen LogP contribution in [0.25, 0.3) is 16.7 Å². The molecule has 3 aliphatic carbocycles. The van der Waals surface area contributed by atoms with Crippen molar-refractivity contribution in [2.24, 2.45) is 17.3 Å². The fourth-order valence-corrected chi connectivity index (χ4v) is 6.90. The Morgan fingerprint density at radius 2 is 2.06 bits per heavy atom. The third kappa shape index (κ3) is 2.67. The van der Waals surface area contributed by atoms with E-state index < -0.39 is 0 Å². The van der Waals surface area contributed by atoms with E-state index in [2.05, 4.69) is 58.9 Å². The van der Waals surface area contributed by atoms with E-state index in [0.717, 1.165) is 18.4 Å². The predicted molar refractivity (Wildman–Crippen MR) is 122 cm³/mol. The van der Waals surface area contributed by atoms with Gasteiger partial charge in [0.1, 0.15) is 6.33 Å². The lowest BCUT2D eigenvalue weighted by Crippen LogP contribution is -2.41. The number of hydrogen-bond donors (Lipinski definition) is 0. The van der Waals surface area contributed by atoms with Crippen LogP contribution in [0, 0.1) is 17.3 Å². The number of esters is 1. The standard InChI is InChI=1S/C27H28N2O2/c1-27-14-13-20-19-9-8-18(26(30)31-2)15-17(19)7-10-21(20)22(27)11-12-25(27)29-16-28-23-5-3-4-6-24(23)29/h3-6,8-9,12,15-16,20-22H,7,10-11,13-14H2,1-2H3/t20?,21?,22?,27-/m0/s1. The molecule has 3 aliphatic rings. The van der Waals surface area contributed by atoms with Crippen molar-refractivity contribution in [2.45, 2.75) is 44.9 Å². The van der Waals surface area contributed by atoms with Gasteiger partial charge in [0.2, 0.25) is 0 Å². The molecule has 0 radical (unpaired) electrons. The van der Waals surface area contributed by atoms with Gasteiger partial charge in [-0.1, -0.05) is 31.2 Å². The van der Waals surface area contributed by atoms with Crippen LogP contribution in [0.1, 0.15) is 60.0 Å². The molecule has 1 heterocycles. The first-order chi connectivity index (χ1) is 15.1. The minimum absolute atomic E-state index is 0.189. The molecule has 3 unspecified atom stereocenters. The maximum absolute atomic E-state index is 12.0. The van der Waals surface area contributed by atoms with Gasteiger partial charge in [0, 0.05) is 11.1 Å². The first-order valence-electron chi connectivity index (χ1n) is 11.4. The third-order valence-electron chi connectivity index (χ3n) is 8.40. The third-order valence-corrected chi connectivity index (χ3v) is 8.40. The first-order valence-corrected chi connectivity index (χ1v) is 11.4. The average molecular weight is 413 g/mol. The fourth-order valence-electron chi connectivity index (χ4n) is 6.90. The second-order valence-electron chi connectivity index (χ2n) is 9.71. The fraction of sp³-hybridized carbons (Fsp3) is 0.407. The summed E-state index contributed by atoms with van der Waals surface area (Å²) in [5.41, 5.74) is 7.40. The summed E-state index contributed by atoms with van der Waals surface area (Å²) < 4.78 is 7.27. The highest BCUT2D eigenvalue weighted by atomic mass is 16.5. The number of carbonyl (C=O) groups excluding carboxylic acids is 1. The second-order valence-corrected chi connectivity index (χ2v) is 9.71. The molecule has 0 N–H and O–H groups in total. The molecule has 0 spiro atoms. The number of aromatic nitrogens is 2. The highest BCUT2D eigenvalue weighted by molar-refractivity contribution is 5.89. The zero-order valence-electron chi connectivity index (χ0n) is 18.2. The van der Waals surface area contributed by atoms with Crippen molar-refractivity contribution in [3.05, 3.63) is 71.6 Å². The second kappa shape index (κ2) is 6.81. The van der Waals surface area contributed by atoms with Gasteiger partial charge in [0.05, 0.1) is 23.7 Å². The molecule has 4 atom stereocenters. The zero-order valence-corrected chi connectivity index (χ0v) is 18.2. The van der Waals surface area contributed by atoms with Gasteiger partial charge >= 0.3 is 5.97 Å². The molecule has 6 rings (SSSR count). The van der Waals surface area contributed by atoms with Crippen LogP contribution >= 0.6 is 0 Å². The number of ether oxygens (including phenoxy) is 1. The van der Waals surface area contributed by atoms with E-state index in [1.807, 2.05) is 12.4 Å². The van der Waals surface area contributed by atoms with E-state index in [-0.39, 0.29) is 11.4 Å². The molecular weight excluding hydrogens is 384 g/mol. The molecule has 1 saturated carbocycles. The topological polar surface area (TPSA) is 44.1 Å². The zero-order chi connectivity index (χ0) is 21.2. The first kappa shape index (κ1) is 18.9. The van der Waals surface area contributed by atoms with Gasteiger partial charge in [-0.3, -0.25) is 0 Å². The highest BCUT2D eigenvalue weighted by Gasteiger charge is 2.52. The normalized spacial score (nSPS) is 29.1.